The first-order valence-electron chi connectivity index (χ1n) is 20.8. The molecule has 8 rings (SSSR count). The summed E-state index contributed by atoms with van der Waals surface area (Å²) in [5.74, 6) is -1.63. The Bertz CT molecular complexity index is 2620. The van der Waals surface area contributed by atoms with E-state index in [9.17, 15) is 32.4 Å². The molecule has 1 unspecified atom stereocenters. The fourth-order valence-electron chi connectivity index (χ4n) is 8.00. The Balaban J connectivity index is 0.708. The predicted octanol–water partition coefficient (Wildman–Crippen LogP) is 3.86. The Morgan fingerprint density at radius 2 is 1.52 bits per heavy atom. The number of aromatic nitrogens is 3. The maximum absolute atomic E-state index is 13.1. The number of hydrogen-bond acceptors (Lipinski definition) is 13. The normalized spacial score (nSPS) is 17.0. The maximum atomic E-state index is 13.1. The quantitative estimate of drug-likeness (QED) is 0.0823. The molecule has 62 heavy (non-hydrogen) atoms. The number of rotatable bonds is 16. The van der Waals surface area contributed by atoms with E-state index in [2.05, 4.69) is 53.3 Å². The summed E-state index contributed by atoms with van der Waals surface area (Å²) in [6.45, 7) is 4.81. The van der Waals surface area contributed by atoms with E-state index in [0.29, 0.717) is 36.9 Å². The lowest BCUT2D eigenvalue weighted by molar-refractivity contribution is -0.136. The number of unbranched alkanes of at least 4 members (excludes halogenated alkanes) is 3. The minimum absolute atomic E-state index is 0.0221. The standard InChI is InChI=1S/C44H48N10O7S/c1-62(60,61)33-16-9-29(10-17-33)36-7-6-8-38-48-44(50-54(36)38)47-30-11-14-32(15-12-30)52-25-23-51(24-26-52)28-40(56)46-22-5-3-2-4-21-45-31-13-18-34-35(27-31)43(59)53(42(34)58)37-19-20-39(55)49-41(37)57/h6-18,27,37,45H,2-5,19-26,28H2,1H3,(H,46,56)(H,47,50)(H,49,55,57). The molecular formula is C44H48N10O7S. The smallest absolute Gasteiger partial charge is 0.262 e. The largest absolute Gasteiger partial charge is 0.385 e. The second-order valence-electron chi connectivity index (χ2n) is 15.7. The molecule has 0 radical (unpaired) electrons. The van der Waals surface area contributed by atoms with Gasteiger partial charge in [0.05, 0.1) is 28.3 Å². The molecule has 3 aliphatic rings. The van der Waals surface area contributed by atoms with E-state index in [-0.39, 0.29) is 34.8 Å². The molecule has 5 amide bonds. The van der Waals surface area contributed by atoms with Crippen LogP contribution in [0.3, 0.4) is 0 Å². The van der Waals surface area contributed by atoms with Gasteiger partial charge >= 0.3 is 0 Å². The summed E-state index contributed by atoms with van der Waals surface area (Å²) >= 11 is 0. The van der Waals surface area contributed by atoms with E-state index < -0.39 is 39.5 Å². The number of piperidine rings is 1. The number of nitrogens with one attached hydrogen (secondary N) is 4. The van der Waals surface area contributed by atoms with E-state index in [1.165, 1.54) is 6.26 Å². The van der Waals surface area contributed by atoms with E-state index in [4.69, 9.17) is 0 Å². The van der Waals surface area contributed by atoms with Crippen LogP contribution in [-0.4, -0.2) is 120 Å². The number of imide groups is 2. The number of nitrogens with zero attached hydrogens (tertiary/aromatic N) is 6. The molecule has 0 aliphatic carbocycles. The van der Waals surface area contributed by atoms with Gasteiger partial charge in [0.25, 0.3) is 11.8 Å². The van der Waals surface area contributed by atoms with Crippen molar-refractivity contribution in [2.24, 2.45) is 0 Å². The van der Waals surface area contributed by atoms with Gasteiger partial charge in [-0.1, -0.05) is 31.0 Å². The monoisotopic (exact) mass is 860 g/mol. The molecule has 0 spiro atoms. The molecule has 5 heterocycles. The third kappa shape index (κ3) is 9.45. The number of anilines is 4. The van der Waals surface area contributed by atoms with Crippen molar-refractivity contribution in [2.45, 2.75) is 49.5 Å². The molecule has 1 atom stereocenters. The van der Waals surface area contributed by atoms with Crippen LogP contribution in [0.25, 0.3) is 16.9 Å². The third-order valence-corrected chi connectivity index (χ3v) is 12.5. The highest BCUT2D eigenvalue weighted by Gasteiger charge is 2.44. The molecule has 0 saturated carbocycles. The van der Waals surface area contributed by atoms with Crippen molar-refractivity contribution >= 4 is 68.0 Å². The van der Waals surface area contributed by atoms with E-state index >= 15 is 0 Å². The Kier molecular flexibility index (Phi) is 12.3. The first kappa shape index (κ1) is 42.0. The van der Waals surface area contributed by atoms with Gasteiger partial charge in [0, 0.05) is 74.6 Å². The Hall–Kier alpha value is -6.66. The molecule has 2 saturated heterocycles. The van der Waals surface area contributed by atoms with E-state index in [1.807, 2.05) is 30.3 Å². The van der Waals surface area contributed by atoms with Gasteiger partial charge in [-0.25, -0.2) is 12.9 Å². The van der Waals surface area contributed by atoms with Gasteiger partial charge in [0.15, 0.2) is 15.5 Å². The molecule has 17 nitrogen and oxygen atoms in total. The van der Waals surface area contributed by atoms with Crippen LogP contribution in [0.2, 0.25) is 0 Å². The van der Waals surface area contributed by atoms with Crippen molar-refractivity contribution in [1.82, 2.24) is 35.0 Å². The number of amides is 5. The van der Waals surface area contributed by atoms with Gasteiger partial charge in [0.2, 0.25) is 23.7 Å². The van der Waals surface area contributed by atoms with Crippen molar-refractivity contribution in [3.63, 3.8) is 0 Å². The lowest BCUT2D eigenvalue weighted by atomic mass is 10.0. The van der Waals surface area contributed by atoms with Crippen LogP contribution in [0.1, 0.15) is 59.2 Å². The summed E-state index contributed by atoms with van der Waals surface area (Å²) < 4.78 is 25.5. The van der Waals surface area contributed by atoms with Crippen LogP contribution >= 0.6 is 0 Å². The van der Waals surface area contributed by atoms with Crippen molar-refractivity contribution in [3.05, 3.63) is 96.1 Å². The summed E-state index contributed by atoms with van der Waals surface area (Å²) in [5.41, 5.74) is 5.40. The lowest BCUT2D eigenvalue weighted by Gasteiger charge is -2.35. The Labute approximate surface area is 358 Å². The van der Waals surface area contributed by atoms with Crippen molar-refractivity contribution < 1.29 is 32.4 Å². The predicted molar refractivity (Wildman–Crippen MR) is 233 cm³/mol. The number of fused-ring (bicyclic) bond motifs is 2. The molecule has 5 aromatic rings. The van der Waals surface area contributed by atoms with Crippen molar-refractivity contribution in [1.29, 1.82) is 0 Å². The topological polar surface area (TPSA) is 208 Å². The minimum atomic E-state index is -3.30. The van der Waals surface area contributed by atoms with Crippen LogP contribution < -0.4 is 26.2 Å². The zero-order valence-electron chi connectivity index (χ0n) is 34.3. The average Bonchev–Trinajstić information content (AvgIpc) is 3.78. The lowest BCUT2D eigenvalue weighted by Crippen LogP contribution is -2.54. The summed E-state index contributed by atoms with van der Waals surface area (Å²) in [4.78, 5) is 72.9. The van der Waals surface area contributed by atoms with Crippen LogP contribution in [0.4, 0.5) is 23.0 Å². The zero-order chi connectivity index (χ0) is 43.4. The number of piperazine rings is 1. The molecule has 322 valence electrons. The van der Waals surface area contributed by atoms with Crippen LogP contribution in [0, 0.1) is 0 Å². The summed E-state index contributed by atoms with van der Waals surface area (Å²) in [6.07, 6.45) is 5.05. The first-order valence-corrected chi connectivity index (χ1v) is 22.7. The molecule has 3 aliphatic heterocycles. The van der Waals surface area contributed by atoms with Gasteiger partial charge in [0.1, 0.15) is 6.04 Å². The highest BCUT2D eigenvalue weighted by molar-refractivity contribution is 7.90. The molecule has 3 aromatic carbocycles. The minimum Gasteiger partial charge on any atom is -0.385 e. The maximum Gasteiger partial charge on any atom is 0.262 e. The van der Waals surface area contributed by atoms with Gasteiger partial charge in [-0.3, -0.25) is 39.1 Å². The van der Waals surface area contributed by atoms with E-state index in [0.717, 1.165) is 79.4 Å². The molecule has 2 fully saturated rings. The summed E-state index contributed by atoms with van der Waals surface area (Å²) in [7, 11) is -3.30. The fraction of sp³-hybridized carbons (Fsp3) is 0.341. The first-order chi connectivity index (χ1) is 29.9. The number of carbonyl (C=O) groups excluding carboxylic acids is 5. The Morgan fingerprint density at radius 3 is 2.24 bits per heavy atom. The second kappa shape index (κ2) is 18.1. The number of pyridine rings is 1. The number of benzene rings is 3. The van der Waals surface area contributed by atoms with Gasteiger partial charge in [-0.2, -0.15) is 4.98 Å². The zero-order valence-corrected chi connectivity index (χ0v) is 35.1. The Morgan fingerprint density at radius 1 is 0.806 bits per heavy atom. The number of sulfone groups is 1. The van der Waals surface area contributed by atoms with Gasteiger partial charge in [-0.15, -0.1) is 5.10 Å². The molecule has 4 N–H and O–H groups in total. The van der Waals surface area contributed by atoms with E-state index in [1.54, 1.807) is 47.0 Å². The van der Waals surface area contributed by atoms with Crippen molar-refractivity contribution in [2.75, 3.05) is 67.6 Å². The second-order valence-corrected chi connectivity index (χ2v) is 17.8. The molecule has 0 bridgehead atoms. The number of carbonyl (C=O) groups is 5. The third-order valence-electron chi connectivity index (χ3n) is 11.4. The fourth-order valence-corrected chi connectivity index (χ4v) is 8.63. The van der Waals surface area contributed by atoms with Crippen LogP contribution in [0.5, 0.6) is 0 Å². The molecule has 2 aromatic heterocycles. The average molecular weight is 861 g/mol. The van der Waals surface area contributed by atoms with Crippen LogP contribution in [0.15, 0.2) is 89.8 Å². The highest BCUT2D eigenvalue weighted by atomic mass is 32.2. The summed E-state index contributed by atoms with van der Waals surface area (Å²) in [6, 6.07) is 24.5. The van der Waals surface area contributed by atoms with Gasteiger partial charge < -0.3 is 20.9 Å². The molecule has 18 heteroatoms. The SMILES string of the molecule is CS(=O)(=O)c1ccc(-c2cccc3nc(Nc4ccc(N5CCN(CC(=O)NCCCCCCNc6ccc7c(c6)C(=O)N(C6CCC(=O)NC6=O)C7=O)CC5)cc4)nn23)cc1. The van der Waals surface area contributed by atoms with Crippen molar-refractivity contribution in [3.8, 4) is 11.3 Å². The summed E-state index contributed by atoms with van der Waals surface area (Å²) in [5, 5.41) is 16.5. The highest BCUT2D eigenvalue weighted by Crippen LogP contribution is 2.30. The van der Waals surface area contributed by atoms with Crippen LogP contribution in [-0.2, 0) is 24.2 Å². The van der Waals surface area contributed by atoms with Gasteiger partial charge in [-0.05, 0) is 86.0 Å². The number of hydrogen-bond donors (Lipinski definition) is 4. The molecular weight excluding hydrogens is 813 g/mol.